The number of hydrogen-bond acceptors (Lipinski definition) is 6. The van der Waals surface area contributed by atoms with Gasteiger partial charge in [0.05, 0.1) is 18.8 Å². The topological polar surface area (TPSA) is 83.9 Å². The third kappa shape index (κ3) is 6.77. The van der Waals surface area contributed by atoms with Crippen molar-refractivity contribution in [1.82, 2.24) is 9.88 Å². The molecular weight excluding hydrogens is 454 g/mol. The highest BCUT2D eigenvalue weighted by Gasteiger charge is 2.38. The number of aromatic nitrogens is 1. The highest BCUT2D eigenvalue weighted by atomic mass is 16.7. The standard InChI is InChI=1S/C29H35N3O4/c1-20-27(18-32(3)17-15-25-6-4-5-16-30-25)35-29(24-11-13-26(14-12-24)31-21(2)34)36-28(20)23-9-7-22(19-33)8-10-23/h4-14,16,20,27-29,33H,15,17-19H2,1-3H3,(H,31,34)/t20-,27+,28+,29+/m1/s1. The first-order valence-electron chi connectivity index (χ1n) is 12.4. The number of carbonyl (C=O) groups excluding carboxylic acids is 1. The molecule has 1 fully saturated rings. The highest BCUT2D eigenvalue weighted by molar-refractivity contribution is 5.88. The van der Waals surface area contributed by atoms with Crippen molar-refractivity contribution in [1.29, 1.82) is 0 Å². The van der Waals surface area contributed by atoms with E-state index >= 15 is 0 Å². The molecule has 36 heavy (non-hydrogen) atoms. The summed E-state index contributed by atoms with van der Waals surface area (Å²) < 4.78 is 13.0. The van der Waals surface area contributed by atoms with Crippen LogP contribution in [0.4, 0.5) is 5.69 Å². The molecule has 4 rings (SSSR count). The smallest absolute Gasteiger partial charge is 0.221 e. The van der Waals surface area contributed by atoms with Gasteiger partial charge in [-0.25, -0.2) is 0 Å². The fourth-order valence-corrected chi connectivity index (χ4v) is 4.50. The largest absolute Gasteiger partial charge is 0.392 e. The summed E-state index contributed by atoms with van der Waals surface area (Å²) in [5.41, 5.74) is 4.63. The van der Waals surface area contributed by atoms with Crippen molar-refractivity contribution >= 4 is 11.6 Å². The maximum absolute atomic E-state index is 11.4. The van der Waals surface area contributed by atoms with Crippen molar-refractivity contribution in [2.45, 2.75) is 45.4 Å². The number of likely N-dealkylation sites (N-methyl/N-ethyl adjacent to an activating group) is 1. The molecule has 2 N–H and O–H groups in total. The van der Waals surface area contributed by atoms with Gasteiger partial charge in [0.2, 0.25) is 5.91 Å². The lowest BCUT2D eigenvalue weighted by Gasteiger charge is -2.42. The highest BCUT2D eigenvalue weighted by Crippen LogP contribution is 2.41. The Balaban J connectivity index is 1.51. The van der Waals surface area contributed by atoms with Gasteiger partial charge in [0.25, 0.3) is 0 Å². The van der Waals surface area contributed by atoms with Crippen molar-refractivity contribution in [3.8, 4) is 0 Å². The SMILES string of the molecule is CC(=O)Nc1ccc([C@H]2O[C@@H](CN(C)CCc3ccccn3)[C@@H](C)[C@@H](c3ccc(CO)cc3)O2)cc1. The molecule has 3 aromatic rings. The number of benzene rings is 2. The number of nitrogens with one attached hydrogen (secondary N) is 1. The minimum Gasteiger partial charge on any atom is -0.392 e. The molecule has 0 spiro atoms. The number of aliphatic hydroxyl groups excluding tert-OH is 1. The van der Waals surface area contributed by atoms with Crippen LogP contribution in [-0.4, -0.2) is 47.1 Å². The number of pyridine rings is 1. The lowest BCUT2D eigenvalue weighted by atomic mass is 9.90. The molecule has 0 aliphatic carbocycles. The molecule has 1 aliphatic heterocycles. The Labute approximate surface area is 213 Å². The molecule has 4 atom stereocenters. The number of nitrogens with zero attached hydrogens (tertiary/aromatic N) is 2. The van der Waals surface area contributed by atoms with Gasteiger partial charge in [-0.2, -0.15) is 0 Å². The van der Waals surface area contributed by atoms with Gasteiger partial charge in [-0.1, -0.05) is 49.4 Å². The van der Waals surface area contributed by atoms with Crippen LogP contribution in [-0.2, 0) is 27.3 Å². The van der Waals surface area contributed by atoms with E-state index in [-0.39, 0.29) is 30.6 Å². The first-order chi connectivity index (χ1) is 17.4. The van der Waals surface area contributed by atoms with Crippen LogP contribution in [0.2, 0.25) is 0 Å². The van der Waals surface area contributed by atoms with E-state index in [9.17, 15) is 9.90 Å². The van der Waals surface area contributed by atoms with E-state index in [1.807, 2.05) is 72.9 Å². The number of rotatable bonds is 9. The van der Waals surface area contributed by atoms with Crippen LogP contribution >= 0.6 is 0 Å². The van der Waals surface area contributed by atoms with E-state index in [0.29, 0.717) is 0 Å². The Kier molecular flexibility index (Phi) is 8.83. The van der Waals surface area contributed by atoms with E-state index in [1.165, 1.54) is 6.92 Å². The van der Waals surface area contributed by atoms with Crippen molar-refractivity contribution < 1.29 is 19.4 Å². The molecule has 1 aromatic heterocycles. The van der Waals surface area contributed by atoms with Gasteiger partial charge in [-0.3, -0.25) is 9.78 Å². The lowest BCUT2D eigenvalue weighted by Crippen LogP contribution is -2.43. The fraction of sp³-hybridized carbons (Fsp3) is 0.379. The first kappa shape index (κ1) is 26.0. The summed E-state index contributed by atoms with van der Waals surface area (Å²) in [6, 6.07) is 21.5. The molecule has 1 saturated heterocycles. The van der Waals surface area contributed by atoms with E-state index < -0.39 is 6.29 Å². The molecule has 2 heterocycles. The second-order valence-corrected chi connectivity index (χ2v) is 9.46. The molecule has 0 unspecified atom stereocenters. The second kappa shape index (κ2) is 12.2. The number of carbonyl (C=O) groups is 1. The van der Waals surface area contributed by atoms with Crippen LogP contribution in [0, 0.1) is 5.92 Å². The van der Waals surface area contributed by atoms with Crippen LogP contribution in [0.25, 0.3) is 0 Å². The number of anilines is 1. The maximum Gasteiger partial charge on any atom is 0.221 e. The minimum atomic E-state index is -0.538. The van der Waals surface area contributed by atoms with E-state index in [1.54, 1.807) is 0 Å². The van der Waals surface area contributed by atoms with Gasteiger partial charge in [0.15, 0.2) is 6.29 Å². The summed E-state index contributed by atoms with van der Waals surface area (Å²) in [6.45, 7) is 5.29. The van der Waals surface area contributed by atoms with Crippen LogP contribution in [0.15, 0.2) is 72.9 Å². The lowest BCUT2D eigenvalue weighted by molar-refractivity contribution is -0.275. The normalized spacial score (nSPS) is 21.9. The third-order valence-corrected chi connectivity index (χ3v) is 6.59. The third-order valence-electron chi connectivity index (χ3n) is 6.59. The molecule has 7 nitrogen and oxygen atoms in total. The summed E-state index contributed by atoms with van der Waals surface area (Å²) in [4.78, 5) is 18.1. The minimum absolute atomic E-state index is 0.0113. The Morgan fingerprint density at radius 3 is 2.39 bits per heavy atom. The molecule has 7 heteroatoms. The van der Waals surface area contributed by atoms with E-state index in [4.69, 9.17) is 9.47 Å². The van der Waals surface area contributed by atoms with Crippen LogP contribution in [0.5, 0.6) is 0 Å². The number of ether oxygens (including phenoxy) is 2. The average Bonchev–Trinajstić information content (AvgIpc) is 2.89. The summed E-state index contributed by atoms with van der Waals surface area (Å²) in [6.07, 6.45) is 1.93. The quantitative estimate of drug-likeness (QED) is 0.461. The van der Waals surface area contributed by atoms with Crippen molar-refractivity contribution in [3.05, 3.63) is 95.3 Å². The molecule has 190 valence electrons. The number of aliphatic hydroxyl groups is 1. The molecule has 2 aromatic carbocycles. The Morgan fingerprint density at radius 1 is 1.03 bits per heavy atom. The van der Waals surface area contributed by atoms with Crippen molar-refractivity contribution in [2.24, 2.45) is 5.92 Å². The van der Waals surface area contributed by atoms with Crippen LogP contribution in [0.3, 0.4) is 0 Å². The predicted molar refractivity (Wildman–Crippen MR) is 139 cm³/mol. The van der Waals surface area contributed by atoms with E-state index in [0.717, 1.165) is 47.6 Å². The summed E-state index contributed by atoms with van der Waals surface area (Å²) >= 11 is 0. The molecule has 0 bridgehead atoms. The van der Waals surface area contributed by atoms with Crippen molar-refractivity contribution in [2.75, 3.05) is 25.5 Å². The maximum atomic E-state index is 11.4. The number of amides is 1. The van der Waals surface area contributed by atoms with Crippen LogP contribution in [0.1, 0.15) is 48.6 Å². The fourth-order valence-electron chi connectivity index (χ4n) is 4.50. The van der Waals surface area contributed by atoms with Gasteiger partial charge < -0.3 is 24.8 Å². The summed E-state index contributed by atoms with van der Waals surface area (Å²) in [7, 11) is 2.11. The van der Waals surface area contributed by atoms with E-state index in [2.05, 4.69) is 29.2 Å². The average molecular weight is 490 g/mol. The molecular formula is C29H35N3O4. The van der Waals surface area contributed by atoms with Gasteiger partial charge in [0, 0.05) is 55.5 Å². The van der Waals surface area contributed by atoms with Gasteiger partial charge in [-0.05, 0) is 42.4 Å². The Morgan fingerprint density at radius 2 is 1.75 bits per heavy atom. The zero-order chi connectivity index (χ0) is 25.5. The first-order valence-corrected chi connectivity index (χ1v) is 12.4. The van der Waals surface area contributed by atoms with Crippen molar-refractivity contribution in [3.63, 3.8) is 0 Å². The predicted octanol–water partition coefficient (Wildman–Crippen LogP) is 4.50. The van der Waals surface area contributed by atoms with Gasteiger partial charge in [0.1, 0.15) is 0 Å². The molecule has 1 aliphatic rings. The van der Waals surface area contributed by atoms with Gasteiger partial charge in [-0.15, -0.1) is 0 Å². The number of hydrogen-bond donors (Lipinski definition) is 2. The summed E-state index contributed by atoms with van der Waals surface area (Å²) in [5.74, 6) is -0.000820. The zero-order valence-electron chi connectivity index (χ0n) is 21.1. The molecule has 0 radical (unpaired) electrons. The van der Waals surface area contributed by atoms with Crippen LogP contribution < -0.4 is 5.32 Å². The zero-order valence-corrected chi connectivity index (χ0v) is 21.1. The Bertz CT molecular complexity index is 1110. The monoisotopic (exact) mass is 489 g/mol. The molecule has 0 saturated carbocycles. The Hall–Kier alpha value is -3.10. The summed E-state index contributed by atoms with van der Waals surface area (Å²) in [5, 5.41) is 12.2. The molecule has 1 amide bonds. The second-order valence-electron chi connectivity index (χ2n) is 9.46. The van der Waals surface area contributed by atoms with Gasteiger partial charge >= 0.3 is 0 Å².